The lowest BCUT2D eigenvalue weighted by atomic mass is 10.2. The summed E-state index contributed by atoms with van der Waals surface area (Å²) in [6.45, 7) is 4.41. The second-order valence-corrected chi connectivity index (χ2v) is 7.25. The van der Waals surface area contributed by atoms with E-state index >= 15 is 0 Å². The van der Waals surface area contributed by atoms with Crippen LogP contribution in [-0.4, -0.2) is 58.8 Å². The molecule has 0 spiro atoms. The molecule has 2 N–H and O–H groups in total. The molecule has 2 unspecified atom stereocenters. The maximum absolute atomic E-state index is 12.6. The van der Waals surface area contributed by atoms with Crippen LogP contribution in [0.5, 0.6) is 0 Å². The second-order valence-electron chi connectivity index (χ2n) is 5.84. The first-order valence-corrected chi connectivity index (χ1v) is 8.89. The minimum absolute atomic E-state index is 0.0328. The fourth-order valence-corrected chi connectivity index (χ4v) is 3.52. The van der Waals surface area contributed by atoms with Crippen LogP contribution in [0.4, 0.5) is 5.69 Å². The molecule has 7 nitrogen and oxygen atoms in total. The van der Waals surface area contributed by atoms with Crippen molar-refractivity contribution in [3.05, 3.63) is 24.3 Å². The summed E-state index contributed by atoms with van der Waals surface area (Å²) >= 11 is 1.43. The number of amides is 2. The van der Waals surface area contributed by atoms with Gasteiger partial charge < -0.3 is 20.1 Å². The number of nitrogens with zero attached hydrogens (tertiary/aromatic N) is 1. The Hall–Kier alpha value is -2.06. The molecule has 1 fully saturated rings. The molecule has 1 aliphatic rings. The van der Waals surface area contributed by atoms with E-state index in [9.17, 15) is 14.4 Å². The molecule has 2 atom stereocenters. The van der Waals surface area contributed by atoms with Crippen LogP contribution >= 0.6 is 11.8 Å². The van der Waals surface area contributed by atoms with Crippen molar-refractivity contribution in [3.63, 3.8) is 0 Å². The first-order valence-electron chi connectivity index (χ1n) is 8.01. The molecule has 0 saturated carbocycles. The number of benzene rings is 1. The summed E-state index contributed by atoms with van der Waals surface area (Å²) in [5, 5.41) is 11.3. The van der Waals surface area contributed by atoms with Gasteiger partial charge in [0.05, 0.1) is 24.4 Å². The molecule has 1 aromatic carbocycles. The molecule has 0 radical (unpaired) electrons. The van der Waals surface area contributed by atoms with Gasteiger partial charge in [-0.1, -0.05) is 0 Å². The largest absolute Gasteiger partial charge is 0.481 e. The fourth-order valence-electron chi connectivity index (χ4n) is 2.57. The summed E-state index contributed by atoms with van der Waals surface area (Å²) < 4.78 is 5.40. The standard InChI is InChI=1S/C17H22N2O5S/c1-11(25-15-5-3-13(4-6-15)18-12(2)20)17(23)19-7-8-24-14(10-19)9-16(21)22/h3-6,11,14H,7-10H2,1-2H3,(H,18,20)(H,21,22). The van der Waals surface area contributed by atoms with Crippen molar-refractivity contribution in [2.45, 2.75) is 36.5 Å². The molecule has 2 amide bonds. The summed E-state index contributed by atoms with van der Waals surface area (Å²) in [6.07, 6.45) is -0.556. The molecule has 2 rings (SSSR count). The predicted octanol–water partition coefficient (Wildman–Crippen LogP) is 1.83. The molecule has 0 aromatic heterocycles. The Morgan fingerprint density at radius 2 is 2.04 bits per heavy atom. The van der Waals surface area contributed by atoms with Gasteiger partial charge in [-0.15, -0.1) is 11.8 Å². The Morgan fingerprint density at radius 3 is 2.64 bits per heavy atom. The average molecular weight is 366 g/mol. The van der Waals surface area contributed by atoms with Gasteiger partial charge in [-0.2, -0.15) is 0 Å². The molecular weight excluding hydrogens is 344 g/mol. The molecule has 25 heavy (non-hydrogen) atoms. The lowest BCUT2D eigenvalue weighted by Crippen LogP contribution is -2.48. The van der Waals surface area contributed by atoms with Gasteiger partial charge in [0.25, 0.3) is 0 Å². The third-order valence-corrected chi connectivity index (χ3v) is 4.79. The van der Waals surface area contributed by atoms with Crippen LogP contribution in [0.2, 0.25) is 0 Å². The summed E-state index contributed by atoms with van der Waals surface area (Å²) in [6, 6.07) is 7.29. The van der Waals surface area contributed by atoms with Crippen molar-refractivity contribution < 1.29 is 24.2 Å². The Kier molecular flexibility index (Phi) is 6.83. The number of rotatable bonds is 6. The van der Waals surface area contributed by atoms with Crippen LogP contribution < -0.4 is 5.32 Å². The van der Waals surface area contributed by atoms with Crippen LogP contribution in [0.25, 0.3) is 0 Å². The Labute approximate surface area is 150 Å². The molecule has 1 aromatic rings. The number of anilines is 1. The van der Waals surface area contributed by atoms with E-state index in [1.165, 1.54) is 18.7 Å². The van der Waals surface area contributed by atoms with Crippen LogP contribution in [0.1, 0.15) is 20.3 Å². The topological polar surface area (TPSA) is 95.9 Å². The molecule has 1 aliphatic heterocycles. The highest BCUT2D eigenvalue weighted by Gasteiger charge is 2.28. The van der Waals surface area contributed by atoms with Crippen molar-refractivity contribution in [3.8, 4) is 0 Å². The van der Waals surface area contributed by atoms with Gasteiger partial charge >= 0.3 is 5.97 Å². The van der Waals surface area contributed by atoms with E-state index in [0.717, 1.165) is 4.90 Å². The number of nitrogens with one attached hydrogen (secondary N) is 1. The highest BCUT2D eigenvalue weighted by molar-refractivity contribution is 8.00. The molecular formula is C17H22N2O5S. The summed E-state index contributed by atoms with van der Waals surface area (Å²) in [5.41, 5.74) is 0.709. The van der Waals surface area contributed by atoms with Crippen LogP contribution in [-0.2, 0) is 19.1 Å². The zero-order valence-electron chi connectivity index (χ0n) is 14.2. The molecule has 0 bridgehead atoms. The van der Waals surface area contributed by atoms with E-state index in [1.807, 2.05) is 19.1 Å². The number of hydrogen-bond donors (Lipinski definition) is 2. The third kappa shape index (κ3) is 6.06. The molecule has 8 heteroatoms. The number of aliphatic carboxylic acids is 1. The van der Waals surface area contributed by atoms with E-state index in [2.05, 4.69) is 5.32 Å². The quantitative estimate of drug-likeness (QED) is 0.746. The van der Waals surface area contributed by atoms with Gasteiger partial charge in [0, 0.05) is 30.6 Å². The van der Waals surface area contributed by atoms with Crippen LogP contribution in [0.3, 0.4) is 0 Å². The van der Waals surface area contributed by atoms with Crippen molar-refractivity contribution in [2.75, 3.05) is 25.0 Å². The Morgan fingerprint density at radius 1 is 1.36 bits per heavy atom. The Balaban J connectivity index is 1.91. The van der Waals surface area contributed by atoms with Gasteiger partial charge in [0.15, 0.2) is 0 Å². The highest BCUT2D eigenvalue weighted by atomic mass is 32.2. The van der Waals surface area contributed by atoms with Gasteiger partial charge in [-0.3, -0.25) is 14.4 Å². The number of ether oxygens (including phenoxy) is 1. The van der Waals surface area contributed by atoms with Crippen LogP contribution in [0, 0.1) is 0 Å². The van der Waals surface area contributed by atoms with Crippen LogP contribution in [0.15, 0.2) is 29.2 Å². The second kappa shape index (κ2) is 8.87. The van der Waals surface area contributed by atoms with Gasteiger partial charge in [-0.05, 0) is 31.2 Å². The summed E-state index contributed by atoms with van der Waals surface area (Å²) in [5.74, 6) is -1.09. The monoisotopic (exact) mass is 366 g/mol. The molecule has 1 heterocycles. The number of carbonyl (C=O) groups is 3. The lowest BCUT2D eigenvalue weighted by molar-refractivity contribution is -0.147. The summed E-state index contributed by atoms with van der Waals surface area (Å²) in [7, 11) is 0. The lowest BCUT2D eigenvalue weighted by Gasteiger charge is -2.33. The smallest absolute Gasteiger partial charge is 0.306 e. The predicted molar refractivity (Wildman–Crippen MR) is 94.6 cm³/mol. The zero-order valence-corrected chi connectivity index (χ0v) is 15.0. The number of morpholine rings is 1. The van der Waals surface area contributed by atoms with Gasteiger partial charge in [0.2, 0.25) is 11.8 Å². The number of carbonyl (C=O) groups excluding carboxylic acids is 2. The minimum atomic E-state index is -0.930. The normalized spacial score (nSPS) is 18.5. The van der Waals surface area contributed by atoms with Crippen molar-refractivity contribution in [2.24, 2.45) is 0 Å². The van der Waals surface area contributed by atoms with E-state index in [0.29, 0.717) is 25.4 Å². The minimum Gasteiger partial charge on any atom is -0.481 e. The van der Waals surface area contributed by atoms with E-state index in [1.54, 1.807) is 17.0 Å². The molecule has 1 saturated heterocycles. The highest BCUT2D eigenvalue weighted by Crippen LogP contribution is 2.26. The zero-order chi connectivity index (χ0) is 18.4. The van der Waals surface area contributed by atoms with E-state index < -0.39 is 12.1 Å². The van der Waals surface area contributed by atoms with Crippen molar-refractivity contribution in [1.29, 1.82) is 0 Å². The fraction of sp³-hybridized carbons (Fsp3) is 0.471. The maximum Gasteiger partial charge on any atom is 0.306 e. The first kappa shape index (κ1) is 19.3. The van der Waals surface area contributed by atoms with Gasteiger partial charge in [0.1, 0.15) is 0 Å². The molecule has 136 valence electrons. The number of hydrogen-bond acceptors (Lipinski definition) is 5. The average Bonchev–Trinajstić information content (AvgIpc) is 2.55. The van der Waals surface area contributed by atoms with E-state index in [-0.39, 0.29) is 23.5 Å². The van der Waals surface area contributed by atoms with Crippen molar-refractivity contribution >= 4 is 35.2 Å². The van der Waals surface area contributed by atoms with Gasteiger partial charge in [-0.25, -0.2) is 0 Å². The molecule has 0 aliphatic carbocycles. The summed E-state index contributed by atoms with van der Waals surface area (Å²) in [4.78, 5) is 37.0. The SMILES string of the molecule is CC(=O)Nc1ccc(SC(C)C(=O)N2CCOC(CC(=O)O)C2)cc1. The van der Waals surface area contributed by atoms with E-state index in [4.69, 9.17) is 9.84 Å². The Bertz CT molecular complexity index is 634. The van der Waals surface area contributed by atoms with Crippen molar-refractivity contribution in [1.82, 2.24) is 4.90 Å². The third-order valence-electron chi connectivity index (χ3n) is 3.69. The number of carboxylic acids is 1. The number of carboxylic acid groups (broad SMARTS) is 1. The number of thioether (sulfide) groups is 1. The maximum atomic E-state index is 12.6. The first-order chi connectivity index (χ1) is 11.8.